The van der Waals surface area contributed by atoms with Crippen LogP contribution in [0, 0.1) is 0 Å². The molecule has 10 heteroatoms. The highest BCUT2D eigenvalue weighted by atomic mass is 16.2. The summed E-state index contributed by atoms with van der Waals surface area (Å²) >= 11 is 0. The molecule has 0 heterocycles. The summed E-state index contributed by atoms with van der Waals surface area (Å²) in [5, 5.41) is 6.06. The minimum Gasteiger partial charge on any atom is -0.338 e. The summed E-state index contributed by atoms with van der Waals surface area (Å²) in [6.45, 7) is 8.39. The lowest BCUT2D eigenvalue weighted by molar-refractivity contribution is -0.129. The van der Waals surface area contributed by atoms with Gasteiger partial charge in [0, 0.05) is 39.0 Å². The standard InChI is InChI=1S/C48H96N6O4/c1-7-9-11-13-15-19-23-27-31-37-45(55)53(43-35-41-51(3)4)47(57)49-39-33-29-25-21-17-18-22-26-30-34-40-50-48(58)54(44-36-42-52(5)6)46(56)38-32-28-24-20-16-14-12-10-8-2/h7-44H2,1-6H3,(H,49,57)(H,50,58). The number of nitrogens with zero attached hydrogens (tertiary/aromatic N) is 4. The van der Waals surface area contributed by atoms with Crippen molar-refractivity contribution in [3.63, 3.8) is 0 Å². The fraction of sp³-hybridized carbons (Fsp3) is 0.917. The van der Waals surface area contributed by atoms with Crippen LogP contribution < -0.4 is 10.6 Å². The molecule has 0 aromatic rings. The van der Waals surface area contributed by atoms with Crippen LogP contribution in [0.1, 0.15) is 219 Å². The van der Waals surface area contributed by atoms with Crippen LogP contribution >= 0.6 is 0 Å². The predicted molar refractivity (Wildman–Crippen MR) is 246 cm³/mol. The molecule has 0 aromatic carbocycles. The van der Waals surface area contributed by atoms with Gasteiger partial charge in [-0.25, -0.2) is 9.59 Å². The van der Waals surface area contributed by atoms with Gasteiger partial charge in [0.05, 0.1) is 0 Å². The van der Waals surface area contributed by atoms with Crippen LogP contribution in [0.4, 0.5) is 9.59 Å². The zero-order valence-corrected chi connectivity index (χ0v) is 39.3. The van der Waals surface area contributed by atoms with E-state index < -0.39 is 0 Å². The second-order valence-electron chi connectivity index (χ2n) is 17.6. The highest BCUT2D eigenvalue weighted by molar-refractivity contribution is 5.95. The molecule has 0 unspecified atom stereocenters. The first-order valence-corrected chi connectivity index (χ1v) is 24.6. The van der Waals surface area contributed by atoms with Gasteiger partial charge in [-0.3, -0.25) is 19.4 Å². The van der Waals surface area contributed by atoms with Crippen molar-refractivity contribution < 1.29 is 19.2 Å². The largest absolute Gasteiger partial charge is 0.338 e. The van der Waals surface area contributed by atoms with E-state index in [1.54, 1.807) is 0 Å². The first-order valence-electron chi connectivity index (χ1n) is 24.6. The lowest BCUT2D eigenvalue weighted by atomic mass is 10.1. The molecule has 0 aromatic heterocycles. The number of imide groups is 2. The third kappa shape index (κ3) is 35.7. The first-order chi connectivity index (χ1) is 28.1. The summed E-state index contributed by atoms with van der Waals surface area (Å²) in [7, 11) is 8.08. The van der Waals surface area contributed by atoms with Gasteiger partial charge in [-0.2, -0.15) is 0 Å². The van der Waals surface area contributed by atoms with E-state index in [1.807, 2.05) is 28.2 Å². The molecule has 0 spiro atoms. The molecule has 0 atom stereocenters. The monoisotopic (exact) mass is 821 g/mol. The quantitative estimate of drug-likeness (QED) is 0.0595. The summed E-state index contributed by atoms with van der Waals surface area (Å²) in [6.07, 6.45) is 35.5. The Bertz CT molecular complexity index is 902. The molecule has 10 nitrogen and oxygen atoms in total. The Labute approximate surface area is 359 Å². The molecule has 0 aliphatic rings. The molecular formula is C48H96N6O4. The maximum Gasteiger partial charge on any atom is 0.324 e. The van der Waals surface area contributed by atoms with E-state index in [2.05, 4.69) is 34.3 Å². The number of carbonyl (C=O) groups is 4. The molecule has 0 bridgehead atoms. The number of nitrogens with one attached hydrogen (secondary N) is 2. The van der Waals surface area contributed by atoms with Gasteiger partial charge in [0.15, 0.2) is 0 Å². The van der Waals surface area contributed by atoms with E-state index in [0.717, 1.165) is 90.1 Å². The number of hydrogen-bond acceptors (Lipinski definition) is 6. The Morgan fingerprint density at radius 1 is 0.328 bits per heavy atom. The molecule has 6 amide bonds. The first kappa shape index (κ1) is 55.8. The number of hydrogen-bond donors (Lipinski definition) is 2. The average molecular weight is 821 g/mol. The van der Waals surface area contributed by atoms with Crippen LogP contribution in [0.3, 0.4) is 0 Å². The molecule has 2 N–H and O–H groups in total. The summed E-state index contributed by atoms with van der Waals surface area (Å²) in [6, 6.07) is -0.455. The van der Waals surface area contributed by atoms with Crippen molar-refractivity contribution in [1.82, 2.24) is 30.2 Å². The highest BCUT2D eigenvalue weighted by Gasteiger charge is 2.21. The fourth-order valence-corrected chi connectivity index (χ4v) is 7.46. The normalized spacial score (nSPS) is 11.4. The van der Waals surface area contributed by atoms with Gasteiger partial charge in [-0.05, 0) is 79.8 Å². The Balaban J connectivity index is 4.16. The van der Waals surface area contributed by atoms with Crippen molar-refractivity contribution in [2.75, 3.05) is 67.5 Å². The maximum atomic E-state index is 13.0. The van der Waals surface area contributed by atoms with Crippen LogP contribution in [0.5, 0.6) is 0 Å². The van der Waals surface area contributed by atoms with Crippen LogP contribution in [0.25, 0.3) is 0 Å². The van der Waals surface area contributed by atoms with Crippen molar-refractivity contribution in [2.45, 2.75) is 219 Å². The van der Waals surface area contributed by atoms with Gasteiger partial charge in [-0.1, -0.05) is 168 Å². The van der Waals surface area contributed by atoms with Crippen LogP contribution in [0.15, 0.2) is 0 Å². The number of urea groups is 2. The maximum absolute atomic E-state index is 13.0. The van der Waals surface area contributed by atoms with Gasteiger partial charge in [-0.15, -0.1) is 0 Å². The third-order valence-corrected chi connectivity index (χ3v) is 11.2. The lowest BCUT2D eigenvalue weighted by Gasteiger charge is -2.22. The molecule has 58 heavy (non-hydrogen) atoms. The van der Waals surface area contributed by atoms with Crippen LogP contribution in [-0.2, 0) is 9.59 Å². The van der Waals surface area contributed by atoms with E-state index >= 15 is 0 Å². The van der Waals surface area contributed by atoms with E-state index in [1.165, 1.54) is 125 Å². The fourth-order valence-electron chi connectivity index (χ4n) is 7.46. The van der Waals surface area contributed by atoms with E-state index in [4.69, 9.17) is 0 Å². The Morgan fingerprint density at radius 2 is 0.586 bits per heavy atom. The van der Waals surface area contributed by atoms with Crippen molar-refractivity contribution in [3.05, 3.63) is 0 Å². The smallest absolute Gasteiger partial charge is 0.324 e. The molecule has 0 fully saturated rings. The minimum absolute atomic E-state index is 0.0342. The summed E-state index contributed by atoms with van der Waals surface area (Å²) in [5.41, 5.74) is 0. The molecule has 0 saturated heterocycles. The van der Waals surface area contributed by atoms with Crippen LogP contribution in [-0.4, -0.2) is 111 Å². The molecular weight excluding hydrogens is 725 g/mol. The van der Waals surface area contributed by atoms with Crippen molar-refractivity contribution in [3.8, 4) is 0 Å². The van der Waals surface area contributed by atoms with E-state index in [9.17, 15) is 19.2 Å². The molecule has 0 rings (SSSR count). The summed E-state index contributed by atoms with van der Waals surface area (Å²) < 4.78 is 0. The number of amides is 6. The van der Waals surface area contributed by atoms with Crippen molar-refractivity contribution in [1.29, 1.82) is 0 Å². The van der Waals surface area contributed by atoms with Crippen molar-refractivity contribution in [2.24, 2.45) is 0 Å². The van der Waals surface area contributed by atoms with E-state index in [0.29, 0.717) is 39.0 Å². The zero-order valence-electron chi connectivity index (χ0n) is 39.3. The van der Waals surface area contributed by atoms with Gasteiger partial charge in [0.1, 0.15) is 0 Å². The molecule has 0 aliphatic heterocycles. The number of unbranched alkanes of at least 4 members (excludes halogenated alkanes) is 25. The van der Waals surface area contributed by atoms with E-state index in [-0.39, 0.29) is 23.9 Å². The van der Waals surface area contributed by atoms with Gasteiger partial charge in [0.2, 0.25) is 11.8 Å². The highest BCUT2D eigenvalue weighted by Crippen LogP contribution is 2.14. The minimum atomic E-state index is -0.227. The number of rotatable bonds is 41. The van der Waals surface area contributed by atoms with Crippen LogP contribution in [0.2, 0.25) is 0 Å². The SMILES string of the molecule is CCCCCCCCCCCC(=O)N(CCCN(C)C)C(=O)NCCCCCCCCCCCCNC(=O)N(CCCN(C)C)C(=O)CCCCCCCCCCC. The number of carbonyl (C=O) groups excluding carboxylic acids is 4. The lowest BCUT2D eigenvalue weighted by Crippen LogP contribution is -2.45. The Morgan fingerprint density at radius 3 is 0.862 bits per heavy atom. The Kier molecular flexibility index (Phi) is 40.0. The second kappa shape index (κ2) is 41.5. The summed E-state index contributed by atoms with van der Waals surface area (Å²) in [5.74, 6) is -0.0684. The molecule has 342 valence electrons. The van der Waals surface area contributed by atoms with Gasteiger partial charge >= 0.3 is 12.1 Å². The summed E-state index contributed by atoms with van der Waals surface area (Å²) in [4.78, 5) is 59.2. The Hall–Kier alpha value is -2.20. The molecule has 0 radical (unpaired) electrons. The topological polar surface area (TPSA) is 105 Å². The zero-order chi connectivity index (χ0) is 42.9. The third-order valence-electron chi connectivity index (χ3n) is 11.2. The van der Waals surface area contributed by atoms with Gasteiger partial charge in [0.25, 0.3) is 0 Å². The molecule has 0 saturated carbocycles. The average Bonchev–Trinajstić information content (AvgIpc) is 3.19. The second-order valence-corrected chi connectivity index (χ2v) is 17.6. The van der Waals surface area contributed by atoms with Gasteiger partial charge < -0.3 is 20.4 Å². The predicted octanol–water partition coefficient (Wildman–Crippen LogP) is 11.7. The van der Waals surface area contributed by atoms with Crippen molar-refractivity contribution >= 4 is 23.9 Å². The molecule has 0 aliphatic carbocycles.